The standard InChI is InChI=1S/C28H26BrF3N6O2/c1-27(2,3)20-8-10-23(11-9-20)38(24(39)14-18-12-21(28(30,31)32)15-22(29)13-18)16-17-4-6-19(7-5-17)25(40)33-26-34-36-37-35-26/h4-13,15H,14,16H2,1-3H3,(H2,33,34,35,36,37,40). The van der Waals surface area contributed by atoms with Gasteiger partial charge in [0.2, 0.25) is 5.91 Å². The SMILES string of the molecule is CC(C)(C)c1ccc(N(Cc2ccc(C(=O)Nc3nn[nH]n3)cc2)C(=O)Cc2cc(Br)cc(C(F)(F)F)c2)cc1. The smallest absolute Gasteiger partial charge is 0.308 e. The molecule has 12 heteroatoms. The van der Waals surface area contributed by atoms with Crippen molar-refractivity contribution in [1.82, 2.24) is 20.6 Å². The first-order valence-electron chi connectivity index (χ1n) is 12.2. The first-order valence-corrected chi connectivity index (χ1v) is 13.0. The van der Waals surface area contributed by atoms with Crippen molar-refractivity contribution < 1.29 is 22.8 Å². The summed E-state index contributed by atoms with van der Waals surface area (Å²) in [5, 5.41) is 15.5. The van der Waals surface area contributed by atoms with Gasteiger partial charge in [-0.1, -0.05) is 66.1 Å². The van der Waals surface area contributed by atoms with Crippen LogP contribution in [0.2, 0.25) is 0 Å². The average molecular weight is 615 g/mol. The Morgan fingerprint density at radius 3 is 2.17 bits per heavy atom. The van der Waals surface area contributed by atoms with Crippen molar-refractivity contribution in [3.63, 3.8) is 0 Å². The first-order chi connectivity index (χ1) is 18.8. The molecule has 208 valence electrons. The number of tetrazole rings is 1. The van der Waals surface area contributed by atoms with Gasteiger partial charge in [-0.25, -0.2) is 0 Å². The molecule has 0 atom stereocenters. The molecule has 8 nitrogen and oxygen atoms in total. The molecular formula is C28H26BrF3N6O2. The van der Waals surface area contributed by atoms with Crippen molar-refractivity contribution in [2.45, 2.75) is 45.3 Å². The highest BCUT2D eigenvalue weighted by Gasteiger charge is 2.31. The summed E-state index contributed by atoms with van der Waals surface area (Å²) in [7, 11) is 0. The molecule has 0 saturated carbocycles. The largest absolute Gasteiger partial charge is 0.416 e. The van der Waals surface area contributed by atoms with E-state index in [4.69, 9.17) is 0 Å². The van der Waals surface area contributed by atoms with Crippen LogP contribution in [0.15, 0.2) is 71.2 Å². The second-order valence-electron chi connectivity index (χ2n) is 10.2. The zero-order valence-corrected chi connectivity index (χ0v) is 23.5. The van der Waals surface area contributed by atoms with E-state index < -0.39 is 17.6 Å². The number of amides is 2. The number of hydrogen-bond donors (Lipinski definition) is 2. The van der Waals surface area contributed by atoms with Gasteiger partial charge in [-0.3, -0.25) is 14.9 Å². The van der Waals surface area contributed by atoms with E-state index in [9.17, 15) is 22.8 Å². The number of nitrogens with one attached hydrogen (secondary N) is 2. The highest BCUT2D eigenvalue weighted by Crippen LogP contribution is 2.33. The van der Waals surface area contributed by atoms with Gasteiger partial charge in [-0.15, -0.1) is 5.10 Å². The predicted molar refractivity (Wildman–Crippen MR) is 148 cm³/mol. The number of anilines is 2. The number of H-pyrrole nitrogens is 1. The summed E-state index contributed by atoms with van der Waals surface area (Å²) in [4.78, 5) is 27.5. The molecule has 40 heavy (non-hydrogen) atoms. The third kappa shape index (κ3) is 7.32. The van der Waals surface area contributed by atoms with E-state index in [1.807, 2.05) is 24.3 Å². The minimum atomic E-state index is -4.54. The summed E-state index contributed by atoms with van der Waals surface area (Å²) in [6.45, 7) is 6.37. The molecule has 0 spiro atoms. The van der Waals surface area contributed by atoms with Crippen LogP contribution in [0.1, 0.15) is 53.4 Å². The Balaban J connectivity index is 1.60. The molecule has 0 aliphatic carbocycles. The fourth-order valence-electron chi connectivity index (χ4n) is 3.98. The Morgan fingerprint density at radius 1 is 0.925 bits per heavy atom. The Bertz CT molecular complexity index is 1480. The third-order valence-electron chi connectivity index (χ3n) is 6.11. The highest BCUT2D eigenvalue weighted by atomic mass is 79.9. The zero-order chi connectivity index (χ0) is 29.1. The van der Waals surface area contributed by atoms with Crippen LogP contribution in [-0.4, -0.2) is 32.4 Å². The summed E-state index contributed by atoms with van der Waals surface area (Å²) in [5.74, 6) is -0.784. The summed E-state index contributed by atoms with van der Waals surface area (Å²) >= 11 is 3.12. The van der Waals surface area contributed by atoms with E-state index in [1.165, 1.54) is 11.0 Å². The molecule has 4 aromatic rings. The van der Waals surface area contributed by atoms with E-state index in [0.717, 1.165) is 23.3 Å². The number of hydrogen-bond acceptors (Lipinski definition) is 5. The summed E-state index contributed by atoms with van der Waals surface area (Å²) in [6.07, 6.45) is -4.78. The number of benzene rings is 3. The Labute approximate surface area is 237 Å². The van der Waals surface area contributed by atoms with Crippen molar-refractivity contribution in [3.05, 3.63) is 99.0 Å². The summed E-state index contributed by atoms with van der Waals surface area (Å²) in [6, 6.07) is 17.6. The van der Waals surface area contributed by atoms with Crippen LogP contribution >= 0.6 is 15.9 Å². The van der Waals surface area contributed by atoms with Crippen LogP contribution in [0.3, 0.4) is 0 Å². The number of halogens is 4. The minimum absolute atomic E-state index is 0.0331. The number of carbonyl (C=O) groups is 2. The van der Waals surface area contributed by atoms with Crippen LogP contribution in [0, 0.1) is 0 Å². The molecule has 0 aliphatic heterocycles. The average Bonchev–Trinajstić information content (AvgIpc) is 3.39. The molecule has 4 rings (SSSR count). The Morgan fingerprint density at radius 2 is 1.60 bits per heavy atom. The van der Waals surface area contributed by atoms with Gasteiger partial charge >= 0.3 is 6.18 Å². The third-order valence-corrected chi connectivity index (χ3v) is 6.57. The molecule has 2 amide bonds. The van der Waals surface area contributed by atoms with Crippen molar-refractivity contribution in [2.75, 3.05) is 10.2 Å². The van der Waals surface area contributed by atoms with E-state index in [2.05, 4.69) is 62.6 Å². The zero-order valence-electron chi connectivity index (χ0n) is 21.9. The number of alkyl halides is 3. The second-order valence-corrected chi connectivity index (χ2v) is 11.1. The maximum Gasteiger partial charge on any atom is 0.416 e. The van der Waals surface area contributed by atoms with Gasteiger partial charge in [-0.05, 0) is 69.8 Å². The quantitative estimate of drug-likeness (QED) is 0.254. The molecule has 0 aliphatic rings. The number of carbonyl (C=O) groups excluding carboxylic acids is 2. The number of aromatic amines is 1. The van der Waals surface area contributed by atoms with E-state index in [1.54, 1.807) is 24.3 Å². The van der Waals surface area contributed by atoms with E-state index in [0.29, 0.717) is 11.3 Å². The normalized spacial score (nSPS) is 11.8. The fraction of sp³-hybridized carbons (Fsp3) is 0.250. The molecule has 0 fully saturated rings. The number of rotatable bonds is 7. The van der Waals surface area contributed by atoms with Gasteiger partial charge in [0.05, 0.1) is 18.5 Å². The maximum atomic E-state index is 13.6. The molecule has 0 bridgehead atoms. The molecule has 0 unspecified atom stereocenters. The minimum Gasteiger partial charge on any atom is -0.308 e. The molecule has 2 N–H and O–H groups in total. The lowest BCUT2D eigenvalue weighted by molar-refractivity contribution is -0.137. The van der Waals surface area contributed by atoms with Gasteiger partial charge in [-0.2, -0.15) is 18.4 Å². The van der Waals surface area contributed by atoms with Gasteiger partial charge in [0, 0.05) is 15.7 Å². The molecule has 1 aromatic heterocycles. The van der Waals surface area contributed by atoms with E-state index >= 15 is 0 Å². The van der Waals surface area contributed by atoms with Crippen LogP contribution in [0.5, 0.6) is 0 Å². The topological polar surface area (TPSA) is 104 Å². The molecule has 1 heterocycles. The van der Waals surface area contributed by atoms with Crippen molar-refractivity contribution >= 4 is 39.4 Å². The highest BCUT2D eigenvalue weighted by molar-refractivity contribution is 9.10. The molecule has 0 saturated heterocycles. The lowest BCUT2D eigenvalue weighted by Gasteiger charge is -2.25. The summed E-state index contributed by atoms with van der Waals surface area (Å²) < 4.78 is 40.3. The maximum absolute atomic E-state index is 13.6. The molecule has 3 aromatic carbocycles. The van der Waals surface area contributed by atoms with Crippen LogP contribution in [0.4, 0.5) is 24.8 Å². The lowest BCUT2D eigenvalue weighted by atomic mass is 9.87. The Kier molecular flexibility index (Phi) is 8.38. The van der Waals surface area contributed by atoms with Crippen LogP contribution < -0.4 is 10.2 Å². The lowest BCUT2D eigenvalue weighted by Crippen LogP contribution is -2.32. The monoisotopic (exact) mass is 614 g/mol. The van der Waals surface area contributed by atoms with Gasteiger partial charge in [0.15, 0.2) is 0 Å². The molecule has 0 radical (unpaired) electrons. The van der Waals surface area contributed by atoms with Gasteiger partial charge in [0.1, 0.15) is 0 Å². The first kappa shape index (κ1) is 28.9. The predicted octanol–water partition coefficient (Wildman–Crippen LogP) is 6.31. The van der Waals surface area contributed by atoms with E-state index in [-0.39, 0.29) is 40.3 Å². The van der Waals surface area contributed by atoms with Gasteiger partial charge < -0.3 is 4.90 Å². The number of nitrogens with zero attached hydrogens (tertiary/aromatic N) is 4. The van der Waals surface area contributed by atoms with Crippen LogP contribution in [-0.2, 0) is 29.4 Å². The fourth-order valence-corrected chi connectivity index (χ4v) is 4.52. The number of aromatic nitrogens is 4. The van der Waals surface area contributed by atoms with Crippen molar-refractivity contribution in [2.24, 2.45) is 0 Å². The Hall–Kier alpha value is -4.06. The van der Waals surface area contributed by atoms with Crippen molar-refractivity contribution in [1.29, 1.82) is 0 Å². The van der Waals surface area contributed by atoms with Gasteiger partial charge in [0.25, 0.3) is 11.9 Å². The summed E-state index contributed by atoms with van der Waals surface area (Å²) in [5.41, 5.74) is 2.03. The van der Waals surface area contributed by atoms with Crippen molar-refractivity contribution in [3.8, 4) is 0 Å². The van der Waals surface area contributed by atoms with Crippen LogP contribution in [0.25, 0.3) is 0 Å². The second kappa shape index (κ2) is 11.6. The molecular weight excluding hydrogens is 589 g/mol.